The van der Waals surface area contributed by atoms with Crippen LogP contribution in [0.5, 0.6) is 28.7 Å². The number of benzene rings is 2. The summed E-state index contributed by atoms with van der Waals surface area (Å²) in [7, 11) is 4.53. The maximum absolute atomic E-state index is 12.9. The van der Waals surface area contributed by atoms with Crippen molar-refractivity contribution < 1.29 is 28.5 Å². The molecule has 0 spiro atoms. The van der Waals surface area contributed by atoms with E-state index in [4.69, 9.17) is 18.9 Å². The van der Waals surface area contributed by atoms with Crippen LogP contribution in [0.3, 0.4) is 0 Å². The number of rotatable bonds is 8. The van der Waals surface area contributed by atoms with Gasteiger partial charge in [-0.2, -0.15) is 0 Å². The number of nitrogens with zero attached hydrogens (tertiary/aromatic N) is 2. The van der Waals surface area contributed by atoms with E-state index in [1.807, 2.05) is 0 Å². The lowest BCUT2D eigenvalue weighted by Crippen LogP contribution is -2.28. The number of carbonyl (C=O) groups excluding carboxylic acids is 2. The van der Waals surface area contributed by atoms with E-state index in [0.29, 0.717) is 40.1 Å². The first-order valence-corrected chi connectivity index (χ1v) is 10.6. The minimum atomic E-state index is -0.501. The Hall–Kier alpha value is -4.27. The summed E-state index contributed by atoms with van der Waals surface area (Å²) in [6.07, 6.45) is 3.40. The van der Waals surface area contributed by atoms with Crippen LogP contribution < -0.4 is 29.2 Å². The zero-order valence-corrected chi connectivity index (χ0v) is 19.1. The van der Waals surface area contributed by atoms with E-state index in [0.717, 1.165) is 0 Å². The second kappa shape index (κ2) is 10.1. The van der Waals surface area contributed by atoms with Gasteiger partial charge in [-0.3, -0.25) is 14.6 Å². The summed E-state index contributed by atoms with van der Waals surface area (Å²) in [6.45, 7) is 0.243. The highest BCUT2D eigenvalue weighted by atomic mass is 16.5. The molecule has 34 heavy (non-hydrogen) atoms. The maximum Gasteiger partial charge on any atom is 0.229 e. The molecule has 0 aliphatic carbocycles. The van der Waals surface area contributed by atoms with Gasteiger partial charge in [0, 0.05) is 43.2 Å². The zero-order chi connectivity index (χ0) is 24.1. The Morgan fingerprint density at radius 3 is 2.15 bits per heavy atom. The molecule has 2 heterocycles. The van der Waals surface area contributed by atoms with Crippen molar-refractivity contribution in [3.63, 3.8) is 0 Å². The summed E-state index contributed by atoms with van der Waals surface area (Å²) >= 11 is 0. The molecule has 3 aromatic rings. The van der Waals surface area contributed by atoms with Gasteiger partial charge >= 0.3 is 0 Å². The third-order valence-corrected chi connectivity index (χ3v) is 5.46. The molecule has 0 saturated carbocycles. The smallest absolute Gasteiger partial charge is 0.229 e. The SMILES string of the molecule is COc1cc(N2CC(C(=O)Nc3ccc(Oc4ccncc4)cc3)CC2=O)cc(OC)c1OC. The summed E-state index contributed by atoms with van der Waals surface area (Å²) in [5, 5.41) is 2.88. The largest absolute Gasteiger partial charge is 0.493 e. The Morgan fingerprint density at radius 1 is 0.941 bits per heavy atom. The first kappa shape index (κ1) is 22.9. The van der Waals surface area contributed by atoms with Crippen molar-refractivity contribution in [2.75, 3.05) is 38.1 Å². The molecule has 1 aliphatic heterocycles. The molecule has 1 unspecified atom stereocenters. The number of hydrogen-bond acceptors (Lipinski definition) is 7. The first-order valence-electron chi connectivity index (χ1n) is 10.6. The third-order valence-electron chi connectivity index (χ3n) is 5.46. The standard InChI is InChI=1S/C25H25N3O6/c1-31-21-13-18(14-22(32-2)24(21)33-3)28-15-16(12-23(28)29)25(30)27-17-4-6-19(7-5-17)34-20-8-10-26-11-9-20/h4-11,13-14,16H,12,15H2,1-3H3,(H,27,30). The van der Waals surface area contributed by atoms with Gasteiger partial charge in [0.1, 0.15) is 11.5 Å². The predicted octanol–water partition coefficient (Wildman–Crippen LogP) is 3.89. The lowest BCUT2D eigenvalue weighted by atomic mass is 10.1. The van der Waals surface area contributed by atoms with E-state index in [1.54, 1.807) is 65.8 Å². The number of hydrogen-bond donors (Lipinski definition) is 1. The van der Waals surface area contributed by atoms with Crippen LogP contribution in [0.4, 0.5) is 11.4 Å². The van der Waals surface area contributed by atoms with E-state index in [1.165, 1.54) is 21.3 Å². The Balaban J connectivity index is 1.42. The Bertz CT molecular complexity index is 1140. The molecule has 1 saturated heterocycles. The second-order valence-electron chi connectivity index (χ2n) is 7.59. The number of nitrogens with one attached hydrogen (secondary N) is 1. The summed E-state index contributed by atoms with van der Waals surface area (Å²) < 4.78 is 21.8. The topological polar surface area (TPSA) is 99.2 Å². The fourth-order valence-electron chi connectivity index (χ4n) is 3.75. The quantitative estimate of drug-likeness (QED) is 0.541. The van der Waals surface area contributed by atoms with Crippen LogP contribution in [0.15, 0.2) is 60.9 Å². The zero-order valence-electron chi connectivity index (χ0n) is 19.1. The molecule has 1 aliphatic rings. The highest BCUT2D eigenvalue weighted by molar-refractivity contribution is 6.03. The fourth-order valence-corrected chi connectivity index (χ4v) is 3.75. The molecule has 1 N–H and O–H groups in total. The van der Waals surface area contributed by atoms with Crippen LogP contribution in [-0.4, -0.2) is 44.7 Å². The average Bonchev–Trinajstić information content (AvgIpc) is 3.26. The van der Waals surface area contributed by atoms with Gasteiger partial charge in [0.25, 0.3) is 0 Å². The Kier molecular flexibility index (Phi) is 6.82. The van der Waals surface area contributed by atoms with Gasteiger partial charge in [-0.15, -0.1) is 0 Å². The van der Waals surface area contributed by atoms with Gasteiger partial charge in [0.05, 0.1) is 32.9 Å². The molecule has 0 radical (unpaired) electrons. The highest BCUT2D eigenvalue weighted by Crippen LogP contribution is 2.42. The van der Waals surface area contributed by atoms with Crippen molar-refractivity contribution in [2.24, 2.45) is 5.92 Å². The molecule has 9 nitrogen and oxygen atoms in total. The van der Waals surface area contributed by atoms with Crippen LogP contribution >= 0.6 is 0 Å². The summed E-state index contributed by atoms with van der Waals surface area (Å²) in [5.74, 6) is 1.72. The second-order valence-corrected chi connectivity index (χ2v) is 7.59. The Morgan fingerprint density at radius 2 is 1.56 bits per heavy atom. The minimum absolute atomic E-state index is 0.103. The van der Waals surface area contributed by atoms with E-state index in [-0.39, 0.29) is 24.8 Å². The lowest BCUT2D eigenvalue weighted by molar-refractivity contribution is -0.122. The molecule has 176 valence electrons. The van der Waals surface area contributed by atoms with Crippen molar-refractivity contribution in [1.82, 2.24) is 4.98 Å². The molecule has 4 rings (SSSR count). The molecule has 1 aromatic heterocycles. The van der Waals surface area contributed by atoms with Crippen molar-refractivity contribution in [2.45, 2.75) is 6.42 Å². The third kappa shape index (κ3) is 4.88. The van der Waals surface area contributed by atoms with Gasteiger partial charge in [-0.05, 0) is 36.4 Å². The van der Waals surface area contributed by atoms with Crippen LogP contribution in [0.1, 0.15) is 6.42 Å². The van der Waals surface area contributed by atoms with E-state index in [9.17, 15) is 9.59 Å². The van der Waals surface area contributed by atoms with Crippen LogP contribution in [-0.2, 0) is 9.59 Å². The fraction of sp³-hybridized carbons (Fsp3) is 0.240. The van der Waals surface area contributed by atoms with Crippen molar-refractivity contribution in [1.29, 1.82) is 0 Å². The van der Waals surface area contributed by atoms with Gasteiger partial charge in [0.15, 0.2) is 11.5 Å². The maximum atomic E-state index is 12.9. The Labute approximate surface area is 197 Å². The number of ether oxygens (including phenoxy) is 4. The van der Waals surface area contributed by atoms with Crippen LogP contribution in [0.2, 0.25) is 0 Å². The number of carbonyl (C=O) groups is 2. The van der Waals surface area contributed by atoms with Crippen LogP contribution in [0, 0.1) is 5.92 Å². The molecule has 2 amide bonds. The normalized spacial score (nSPS) is 15.1. The number of aromatic nitrogens is 1. The average molecular weight is 463 g/mol. The molecule has 9 heteroatoms. The van der Waals surface area contributed by atoms with Gasteiger partial charge in [0.2, 0.25) is 17.6 Å². The van der Waals surface area contributed by atoms with Crippen molar-refractivity contribution >= 4 is 23.2 Å². The van der Waals surface area contributed by atoms with Crippen molar-refractivity contribution in [3.05, 3.63) is 60.9 Å². The van der Waals surface area contributed by atoms with Gasteiger partial charge < -0.3 is 29.2 Å². The first-order chi connectivity index (χ1) is 16.5. The molecule has 2 aromatic carbocycles. The number of amides is 2. The lowest BCUT2D eigenvalue weighted by Gasteiger charge is -2.20. The van der Waals surface area contributed by atoms with Gasteiger partial charge in [-0.25, -0.2) is 0 Å². The highest BCUT2D eigenvalue weighted by Gasteiger charge is 2.36. The summed E-state index contributed by atoms with van der Waals surface area (Å²) in [6, 6.07) is 13.9. The molecular weight excluding hydrogens is 438 g/mol. The predicted molar refractivity (Wildman–Crippen MR) is 126 cm³/mol. The minimum Gasteiger partial charge on any atom is -0.493 e. The van der Waals surface area contributed by atoms with Crippen LogP contribution in [0.25, 0.3) is 0 Å². The number of pyridine rings is 1. The summed E-state index contributed by atoms with van der Waals surface area (Å²) in [5.41, 5.74) is 1.19. The van der Waals surface area contributed by atoms with Crippen molar-refractivity contribution in [3.8, 4) is 28.7 Å². The van der Waals surface area contributed by atoms with E-state index in [2.05, 4.69) is 10.3 Å². The van der Waals surface area contributed by atoms with E-state index >= 15 is 0 Å². The number of methoxy groups -OCH3 is 3. The molecule has 1 fully saturated rings. The van der Waals surface area contributed by atoms with Gasteiger partial charge in [-0.1, -0.05) is 0 Å². The number of anilines is 2. The molecule has 0 bridgehead atoms. The molecular formula is C25H25N3O6. The van der Waals surface area contributed by atoms with E-state index < -0.39 is 5.92 Å². The monoisotopic (exact) mass is 463 g/mol. The molecule has 1 atom stereocenters. The summed E-state index contributed by atoms with van der Waals surface area (Å²) in [4.78, 5) is 31.1.